The van der Waals surface area contributed by atoms with Gasteiger partial charge in [-0.1, -0.05) is 146 Å². The molecule has 0 atom stereocenters. The lowest BCUT2D eigenvalue weighted by atomic mass is 9.95. The number of hydrogen-bond donors (Lipinski definition) is 0. The Bertz CT molecular complexity index is 3870. The van der Waals surface area contributed by atoms with Gasteiger partial charge in [0.05, 0.1) is 5.69 Å². The molecular formula is C58H35NO2S. The molecule has 0 unspecified atom stereocenters. The van der Waals surface area contributed by atoms with Gasteiger partial charge in [-0.3, -0.25) is 0 Å². The second-order valence-electron chi connectivity index (χ2n) is 16.0. The van der Waals surface area contributed by atoms with Gasteiger partial charge < -0.3 is 13.7 Å². The summed E-state index contributed by atoms with van der Waals surface area (Å²) >= 11 is 1.87. The van der Waals surface area contributed by atoms with Crippen LogP contribution in [0, 0.1) is 0 Å². The number of benzene rings is 10. The second-order valence-corrected chi connectivity index (χ2v) is 17.0. The number of anilines is 3. The first-order chi connectivity index (χ1) is 30.7. The maximum atomic E-state index is 6.58. The number of furan rings is 2. The minimum absolute atomic E-state index is 0.874. The van der Waals surface area contributed by atoms with Crippen molar-refractivity contribution in [3.63, 3.8) is 0 Å². The van der Waals surface area contributed by atoms with Crippen molar-refractivity contribution < 1.29 is 8.83 Å². The monoisotopic (exact) mass is 809 g/mol. The van der Waals surface area contributed by atoms with Crippen LogP contribution < -0.4 is 4.90 Å². The molecule has 13 aromatic rings. The molecular weight excluding hydrogens is 775 g/mol. The summed E-state index contributed by atoms with van der Waals surface area (Å²) in [7, 11) is 0. The van der Waals surface area contributed by atoms with Gasteiger partial charge in [-0.05, 0) is 105 Å². The number of thiophene rings is 1. The largest absolute Gasteiger partial charge is 0.456 e. The smallest absolute Gasteiger partial charge is 0.136 e. The molecule has 3 heterocycles. The fourth-order valence-electron chi connectivity index (χ4n) is 9.63. The zero-order valence-electron chi connectivity index (χ0n) is 33.4. The molecule has 0 aliphatic heterocycles. The van der Waals surface area contributed by atoms with Crippen LogP contribution in [0.2, 0.25) is 0 Å². The molecule has 290 valence electrons. The molecule has 62 heavy (non-hydrogen) atoms. The van der Waals surface area contributed by atoms with Crippen molar-refractivity contribution in [3.05, 3.63) is 212 Å². The number of para-hydroxylation sites is 2. The van der Waals surface area contributed by atoms with E-state index in [1.807, 2.05) is 23.5 Å². The van der Waals surface area contributed by atoms with Gasteiger partial charge in [0, 0.05) is 58.7 Å². The second kappa shape index (κ2) is 13.8. The van der Waals surface area contributed by atoms with Crippen LogP contribution in [-0.4, -0.2) is 0 Å². The van der Waals surface area contributed by atoms with Crippen LogP contribution in [-0.2, 0) is 0 Å². The number of fused-ring (bicyclic) bond motifs is 10. The summed E-state index contributed by atoms with van der Waals surface area (Å²) < 4.78 is 15.5. The number of rotatable bonds is 6. The zero-order chi connectivity index (χ0) is 40.7. The first-order valence-corrected chi connectivity index (χ1v) is 21.8. The highest BCUT2D eigenvalue weighted by Gasteiger charge is 2.22. The Balaban J connectivity index is 0.990. The Morgan fingerprint density at radius 1 is 0.339 bits per heavy atom. The summed E-state index contributed by atoms with van der Waals surface area (Å²) in [5.41, 5.74) is 13.7. The molecule has 13 rings (SSSR count). The van der Waals surface area contributed by atoms with Gasteiger partial charge in [-0.2, -0.15) is 0 Å². The predicted molar refractivity (Wildman–Crippen MR) is 262 cm³/mol. The highest BCUT2D eigenvalue weighted by molar-refractivity contribution is 7.26. The topological polar surface area (TPSA) is 29.5 Å². The summed E-state index contributed by atoms with van der Waals surface area (Å²) in [6.07, 6.45) is 0. The van der Waals surface area contributed by atoms with Crippen LogP contribution in [0.15, 0.2) is 221 Å². The molecule has 0 N–H and O–H groups in total. The predicted octanol–water partition coefficient (Wildman–Crippen LogP) is 17.5. The van der Waals surface area contributed by atoms with Gasteiger partial charge in [0.2, 0.25) is 0 Å². The van der Waals surface area contributed by atoms with Crippen molar-refractivity contribution in [2.45, 2.75) is 0 Å². The highest BCUT2D eigenvalue weighted by atomic mass is 32.1. The summed E-state index contributed by atoms with van der Waals surface area (Å²) in [6, 6.07) is 76.2. The van der Waals surface area contributed by atoms with E-state index in [0.29, 0.717) is 0 Å². The minimum atomic E-state index is 0.874. The van der Waals surface area contributed by atoms with E-state index in [1.165, 1.54) is 42.1 Å². The molecule has 0 amide bonds. The van der Waals surface area contributed by atoms with E-state index >= 15 is 0 Å². The fraction of sp³-hybridized carbons (Fsp3) is 0. The lowest BCUT2D eigenvalue weighted by molar-refractivity contribution is 0.669. The Morgan fingerprint density at radius 2 is 0.871 bits per heavy atom. The van der Waals surface area contributed by atoms with Crippen molar-refractivity contribution in [2.24, 2.45) is 0 Å². The van der Waals surface area contributed by atoms with Crippen LogP contribution in [0.25, 0.3) is 108 Å². The normalized spacial score (nSPS) is 11.9. The van der Waals surface area contributed by atoms with Gasteiger partial charge in [-0.15, -0.1) is 11.3 Å². The minimum Gasteiger partial charge on any atom is -0.456 e. The standard InChI is InChI=1S/C58H35NO2S/c1-2-13-39-35-54-49(34-38(39)12-1)57-46(19-11-24-53(57)61-54)44-14-3-6-21-50(44)59(40-30-26-36(27-31-40)42-17-10-23-52-56(42)48-16-4-7-22-51(48)60-52)41-32-28-37(29-33-41)43-18-9-20-47-45-15-5-8-25-55(45)62-58(43)47/h1-35H. The van der Waals surface area contributed by atoms with Crippen molar-refractivity contribution >= 4 is 103 Å². The number of nitrogens with zero attached hydrogens (tertiary/aromatic N) is 1. The molecule has 0 fully saturated rings. The van der Waals surface area contributed by atoms with E-state index in [-0.39, 0.29) is 0 Å². The molecule has 0 bridgehead atoms. The molecule has 4 heteroatoms. The summed E-state index contributed by atoms with van der Waals surface area (Å²) in [5, 5.41) is 9.45. The Labute approximate surface area is 360 Å². The van der Waals surface area contributed by atoms with Gasteiger partial charge in [0.15, 0.2) is 0 Å². The van der Waals surface area contributed by atoms with E-state index in [9.17, 15) is 0 Å². The van der Waals surface area contributed by atoms with Crippen LogP contribution in [0.3, 0.4) is 0 Å². The molecule has 0 radical (unpaired) electrons. The van der Waals surface area contributed by atoms with E-state index in [2.05, 4.69) is 205 Å². The zero-order valence-corrected chi connectivity index (χ0v) is 34.2. The molecule has 3 nitrogen and oxygen atoms in total. The van der Waals surface area contributed by atoms with Crippen molar-refractivity contribution in [3.8, 4) is 33.4 Å². The first-order valence-electron chi connectivity index (χ1n) is 21.0. The van der Waals surface area contributed by atoms with Gasteiger partial charge in [0.1, 0.15) is 22.3 Å². The van der Waals surface area contributed by atoms with Gasteiger partial charge in [-0.25, -0.2) is 0 Å². The highest BCUT2D eigenvalue weighted by Crippen LogP contribution is 2.47. The molecule has 0 spiro atoms. The Hall–Kier alpha value is -7.92. The maximum Gasteiger partial charge on any atom is 0.136 e. The Kier molecular flexibility index (Phi) is 7.78. The van der Waals surface area contributed by atoms with Crippen molar-refractivity contribution in [2.75, 3.05) is 4.90 Å². The first kappa shape index (κ1) is 34.9. The van der Waals surface area contributed by atoms with E-state index in [0.717, 1.165) is 83.2 Å². The van der Waals surface area contributed by atoms with Gasteiger partial charge in [0.25, 0.3) is 0 Å². The molecule has 3 aromatic heterocycles. The average molecular weight is 810 g/mol. The van der Waals surface area contributed by atoms with Crippen molar-refractivity contribution in [1.82, 2.24) is 0 Å². The van der Waals surface area contributed by atoms with Crippen LogP contribution in [0.1, 0.15) is 0 Å². The number of hydrogen-bond acceptors (Lipinski definition) is 4. The third kappa shape index (κ3) is 5.44. The summed E-state index contributed by atoms with van der Waals surface area (Å²) in [4.78, 5) is 2.40. The molecule has 0 aliphatic rings. The third-order valence-electron chi connectivity index (χ3n) is 12.5. The lowest BCUT2D eigenvalue weighted by Gasteiger charge is -2.28. The fourth-order valence-corrected chi connectivity index (χ4v) is 10.9. The van der Waals surface area contributed by atoms with E-state index < -0.39 is 0 Å². The third-order valence-corrected chi connectivity index (χ3v) is 13.7. The lowest BCUT2D eigenvalue weighted by Crippen LogP contribution is -2.11. The molecule has 0 saturated carbocycles. The van der Waals surface area contributed by atoms with E-state index in [1.54, 1.807) is 0 Å². The summed E-state index contributed by atoms with van der Waals surface area (Å²) in [5.74, 6) is 0. The van der Waals surface area contributed by atoms with Gasteiger partial charge >= 0.3 is 0 Å². The molecule has 10 aromatic carbocycles. The average Bonchev–Trinajstić information content (AvgIpc) is 4.03. The maximum absolute atomic E-state index is 6.58. The van der Waals surface area contributed by atoms with E-state index in [4.69, 9.17) is 8.83 Å². The SMILES string of the molecule is c1ccc(N(c2ccc(-c3cccc4c3sc3ccccc34)cc2)c2ccc(-c3cccc4oc5ccccc5c34)cc2)c(-c2cccc3oc4cc5ccccc5cc4c23)c1. The molecule has 0 aliphatic carbocycles. The van der Waals surface area contributed by atoms with Crippen molar-refractivity contribution in [1.29, 1.82) is 0 Å². The summed E-state index contributed by atoms with van der Waals surface area (Å²) in [6.45, 7) is 0. The van der Waals surface area contributed by atoms with Crippen LogP contribution in [0.4, 0.5) is 17.1 Å². The van der Waals surface area contributed by atoms with Crippen LogP contribution in [0.5, 0.6) is 0 Å². The van der Waals surface area contributed by atoms with Crippen LogP contribution >= 0.6 is 11.3 Å². The molecule has 0 saturated heterocycles. The Morgan fingerprint density at radius 3 is 1.66 bits per heavy atom. The quantitative estimate of drug-likeness (QED) is 0.168.